The highest BCUT2D eigenvalue weighted by Crippen LogP contribution is 2.25. The van der Waals surface area contributed by atoms with Gasteiger partial charge < -0.3 is 19.9 Å². The Bertz CT molecular complexity index is 979. The van der Waals surface area contributed by atoms with Crippen molar-refractivity contribution in [3.8, 4) is 5.75 Å². The Balaban J connectivity index is 1.88. The Hall–Kier alpha value is -3.28. The van der Waals surface area contributed by atoms with E-state index >= 15 is 0 Å². The zero-order valence-corrected chi connectivity index (χ0v) is 14.1. The SMILES string of the molecule is CCOc1ccccc1NC(=O)Nc1cn(C)c(=O)c2ccccc12. The van der Waals surface area contributed by atoms with Gasteiger partial charge in [-0.2, -0.15) is 0 Å². The lowest BCUT2D eigenvalue weighted by atomic mass is 10.1. The van der Waals surface area contributed by atoms with Crippen molar-refractivity contribution in [3.05, 3.63) is 65.1 Å². The van der Waals surface area contributed by atoms with Gasteiger partial charge in [0.1, 0.15) is 5.75 Å². The normalized spacial score (nSPS) is 10.5. The second kappa shape index (κ2) is 7.09. The van der Waals surface area contributed by atoms with Crippen molar-refractivity contribution in [2.24, 2.45) is 7.05 Å². The van der Waals surface area contributed by atoms with Gasteiger partial charge in [0.15, 0.2) is 0 Å². The first kappa shape index (κ1) is 16.6. The van der Waals surface area contributed by atoms with Gasteiger partial charge in [-0.15, -0.1) is 0 Å². The van der Waals surface area contributed by atoms with Crippen molar-refractivity contribution < 1.29 is 9.53 Å². The van der Waals surface area contributed by atoms with Crippen LogP contribution in [0, 0.1) is 0 Å². The van der Waals surface area contributed by atoms with Gasteiger partial charge in [0.2, 0.25) is 0 Å². The minimum Gasteiger partial charge on any atom is -0.492 e. The highest BCUT2D eigenvalue weighted by atomic mass is 16.5. The summed E-state index contributed by atoms with van der Waals surface area (Å²) in [5.41, 5.74) is 1.03. The number of carbonyl (C=O) groups excluding carboxylic acids is 1. The molecule has 0 bridgehead atoms. The van der Waals surface area contributed by atoms with E-state index in [1.54, 1.807) is 43.6 Å². The fourth-order valence-electron chi connectivity index (χ4n) is 2.64. The number of hydrogen-bond acceptors (Lipinski definition) is 3. The molecule has 0 unspecified atom stereocenters. The van der Waals surface area contributed by atoms with E-state index in [1.807, 2.05) is 25.1 Å². The number of benzene rings is 2. The number of anilines is 2. The maximum absolute atomic E-state index is 12.4. The zero-order chi connectivity index (χ0) is 17.8. The number of amides is 2. The van der Waals surface area contributed by atoms with E-state index in [0.717, 1.165) is 0 Å². The summed E-state index contributed by atoms with van der Waals surface area (Å²) < 4.78 is 6.96. The lowest BCUT2D eigenvalue weighted by molar-refractivity contribution is 0.262. The van der Waals surface area contributed by atoms with Crippen LogP contribution in [0.4, 0.5) is 16.2 Å². The van der Waals surface area contributed by atoms with Gasteiger partial charge in [-0.3, -0.25) is 4.79 Å². The molecule has 1 aromatic heterocycles. The van der Waals surface area contributed by atoms with Crippen molar-refractivity contribution in [1.82, 2.24) is 4.57 Å². The number of nitrogens with one attached hydrogen (secondary N) is 2. The third kappa shape index (κ3) is 3.47. The van der Waals surface area contributed by atoms with Gasteiger partial charge >= 0.3 is 6.03 Å². The molecule has 0 spiro atoms. The molecule has 2 amide bonds. The Kier molecular flexibility index (Phi) is 4.70. The summed E-state index contributed by atoms with van der Waals surface area (Å²) in [6, 6.07) is 14.0. The molecule has 2 aromatic carbocycles. The van der Waals surface area contributed by atoms with E-state index in [9.17, 15) is 9.59 Å². The zero-order valence-electron chi connectivity index (χ0n) is 14.1. The number of aryl methyl sites for hydroxylation is 1. The Morgan fingerprint density at radius 1 is 1.00 bits per heavy atom. The van der Waals surface area contributed by atoms with Crippen LogP contribution in [0.1, 0.15) is 6.92 Å². The number of para-hydroxylation sites is 2. The van der Waals surface area contributed by atoms with Gasteiger partial charge in [0.05, 0.1) is 18.0 Å². The van der Waals surface area contributed by atoms with E-state index in [0.29, 0.717) is 34.5 Å². The first-order valence-electron chi connectivity index (χ1n) is 7.98. The van der Waals surface area contributed by atoms with E-state index < -0.39 is 6.03 Å². The monoisotopic (exact) mass is 337 g/mol. The molecule has 3 aromatic rings. The van der Waals surface area contributed by atoms with Crippen LogP contribution < -0.4 is 20.9 Å². The summed E-state index contributed by atoms with van der Waals surface area (Å²) >= 11 is 0. The topological polar surface area (TPSA) is 72.4 Å². The summed E-state index contributed by atoms with van der Waals surface area (Å²) in [5, 5.41) is 6.83. The van der Waals surface area contributed by atoms with Gasteiger partial charge in [-0.25, -0.2) is 4.79 Å². The molecule has 6 nitrogen and oxygen atoms in total. The number of urea groups is 1. The summed E-state index contributed by atoms with van der Waals surface area (Å²) in [6.45, 7) is 2.39. The van der Waals surface area contributed by atoms with Gasteiger partial charge in [0, 0.05) is 24.0 Å². The van der Waals surface area contributed by atoms with Crippen LogP contribution in [0.5, 0.6) is 5.75 Å². The summed E-state index contributed by atoms with van der Waals surface area (Å²) in [7, 11) is 1.66. The standard InChI is InChI=1S/C19H19N3O3/c1-3-25-17-11-7-6-10-15(17)20-19(24)21-16-12-22(2)18(23)14-9-5-4-8-13(14)16/h4-12H,3H2,1-2H3,(H2,20,21,24). The van der Waals surface area contributed by atoms with E-state index in [4.69, 9.17) is 4.74 Å². The quantitative estimate of drug-likeness (QED) is 0.764. The first-order chi connectivity index (χ1) is 12.1. The molecule has 0 aliphatic rings. The average Bonchev–Trinajstić information content (AvgIpc) is 2.61. The number of fused-ring (bicyclic) bond motifs is 1. The molecule has 0 radical (unpaired) electrons. The molecule has 25 heavy (non-hydrogen) atoms. The molecule has 0 aliphatic heterocycles. The number of hydrogen-bond donors (Lipinski definition) is 2. The predicted molar refractivity (Wildman–Crippen MR) is 99.4 cm³/mol. The van der Waals surface area contributed by atoms with Crippen LogP contribution >= 0.6 is 0 Å². The molecule has 2 N–H and O–H groups in total. The van der Waals surface area contributed by atoms with Crippen LogP contribution in [0.25, 0.3) is 10.8 Å². The molecule has 0 atom stereocenters. The highest BCUT2D eigenvalue weighted by molar-refractivity contribution is 6.06. The Morgan fingerprint density at radius 3 is 2.40 bits per heavy atom. The highest BCUT2D eigenvalue weighted by Gasteiger charge is 2.11. The second-order valence-electron chi connectivity index (χ2n) is 5.51. The molecule has 0 saturated heterocycles. The minimum absolute atomic E-state index is 0.108. The Labute approximate surface area is 145 Å². The van der Waals surface area contributed by atoms with Crippen LogP contribution in [-0.2, 0) is 7.05 Å². The van der Waals surface area contributed by atoms with Crippen LogP contribution in [-0.4, -0.2) is 17.2 Å². The fourth-order valence-corrected chi connectivity index (χ4v) is 2.64. The van der Waals surface area contributed by atoms with Crippen LogP contribution in [0.2, 0.25) is 0 Å². The van der Waals surface area contributed by atoms with Crippen LogP contribution in [0.15, 0.2) is 59.5 Å². The van der Waals surface area contributed by atoms with Crippen molar-refractivity contribution in [2.45, 2.75) is 6.92 Å². The third-order valence-electron chi connectivity index (χ3n) is 3.77. The molecule has 128 valence electrons. The maximum atomic E-state index is 12.4. The molecule has 0 saturated carbocycles. The summed E-state index contributed by atoms with van der Waals surface area (Å²) in [4.78, 5) is 24.6. The van der Waals surface area contributed by atoms with E-state index in [-0.39, 0.29) is 5.56 Å². The number of pyridine rings is 1. The number of aromatic nitrogens is 1. The van der Waals surface area contributed by atoms with E-state index in [1.165, 1.54) is 4.57 Å². The molecule has 3 rings (SSSR count). The fraction of sp³-hybridized carbons (Fsp3) is 0.158. The van der Waals surface area contributed by atoms with Crippen molar-refractivity contribution >= 4 is 28.2 Å². The largest absolute Gasteiger partial charge is 0.492 e. The molecule has 0 fully saturated rings. The van der Waals surface area contributed by atoms with Gasteiger partial charge in [-0.1, -0.05) is 30.3 Å². The smallest absolute Gasteiger partial charge is 0.323 e. The lowest BCUT2D eigenvalue weighted by Crippen LogP contribution is -2.23. The number of nitrogens with zero attached hydrogens (tertiary/aromatic N) is 1. The minimum atomic E-state index is -0.407. The van der Waals surface area contributed by atoms with Crippen molar-refractivity contribution in [2.75, 3.05) is 17.2 Å². The average molecular weight is 337 g/mol. The molecule has 0 aliphatic carbocycles. The lowest BCUT2D eigenvalue weighted by Gasteiger charge is -2.14. The third-order valence-corrected chi connectivity index (χ3v) is 3.77. The number of carbonyl (C=O) groups is 1. The number of ether oxygens (including phenoxy) is 1. The molecule has 6 heteroatoms. The Morgan fingerprint density at radius 2 is 1.64 bits per heavy atom. The van der Waals surface area contributed by atoms with Crippen LogP contribution in [0.3, 0.4) is 0 Å². The molecule has 1 heterocycles. The predicted octanol–water partition coefficient (Wildman–Crippen LogP) is 3.58. The van der Waals surface area contributed by atoms with Gasteiger partial charge in [-0.05, 0) is 25.1 Å². The van der Waals surface area contributed by atoms with Crippen molar-refractivity contribution in [3.63, 3.8) is 0 Å². The summed E-state index contributed by atoms with van der Waals surface area (Å²) in [6.07, 6.45) is 1.61. The van der Waals surface area contributed by atoms with Crippen molar-refractivity contribution in [1.29, 1.82) is 0 Å². The molecular formula is C19H19N3O3. The van der Waals surface area contributed by atoms with E-state index in [2.05, 4.69) is 10.6 Å². The number of rotatable bonds is 4. The first-order valence-corrected chi connectivity index (χ1v) is 7.98. The second-order valence-corrected chi connectivity index (χ2v) is 5.51. The molecular weight excluding hydrogens is 318 g/mol. The summed E-state index contributed by atoms with van der Waals surface area (Å²) in [5.74, 6) is 0.602. The van der Waals surface area contributed by atoms with Gasteiger partial charge in [0.25, 0.3) is 5.56 Å². The maximum Gasteiger partial charge on any atom is 0.323 e.